The Hall–Kier alpha value is -4.81. The molecule has 0 bridgehead atoms. The molecule has 2 aromatic rings. The minimum atomic E-state index is -3.01. The fourth-order valence-corrected chi connectivity index (χ4v) is 6.40. The van der Waals surface area contributed by atoms with E-state index in [0.717, 1.165) is 21.9 Å². The number of pyridine rings is 1. The van der Waals surface area contributed by atoms with Crippen molar-refractivity contribution in [1.29, 1.82) is 5.26 Å². The summed E-state index contributed by atoms with van der Waals surface area (Å²) in [5, 5.41) is 11.1. The second-order valence-corrected chi connectivity index (χ2v) is 12.3. The molecule has 2 fully saturated rings. The number of ether oxygens (including phenoxy) is 1. The van der Waals surface area contributed by atoms with Gasteiger partial charge in [-0.15, -0.1) is 11.6 Å². The predicted molar refractivity (Wildman–Crippen MR) is 168 cm³/mol. The van der Waals surface area contributed by atoms with Gasteiger partial charge in [0.05, 0.1) is 42.4 Å². The Balaban J connectivity index is 1.65. The lowest BCUT2D eigenvalue weighted by Gasteiger charge is -2.44. The summed E-state index contributed by atoms with van der Waals surface area (Å²) in [6.07, 6.45) is 6.09. The number of allylic oxidation sites excluding steroid dienone is 3. The van der Waals surface area contributed by atoms with Gasteiger partial charge in [-0.25, -0.2) is 22.5 Å². The highest BCUT2D eigenvalue weighted by Gasteiger charge is 2.50. The minimum absolute atomic E-state index is 0.0472. The second-order valence-electron chi connectivity index (χ2n) is 11.8. The molecule has 258 valence electrons. The topological polar surface area (TPSA) is 136 Å². The van der Waals surface area contributed by atoms with Crippen molar-refractivity contribution >= 4 is 46.8 Å². The number of alkyl halides is 3. The Morgan fingerprint density at radius 2 is 1.86 bits per heavy atom. The van der Waals surface area contributed by atoms with Gasteiger partial charge in [-0.2, -0.15) is 5.26 Å². The molecule has 49 heavy (non-hydrogen) atoms. The maximum absolute atomic E-state index is 15.0. The van der Waals surface area contributed by atoms with Crippen LogP contribution >= 0.6 is 11.6 Å². The van der Waals surface area contributed by atoms with Crippen LogP contribution in [0.4, 0.5) is 29.1 Å². The van der Waals surface area contributed by atoms with E-state index in [1.54, 1.807) is 19.1 Å². The number of rotatable bonds is 10. The molecule has 2 unspecified atom stereocenters. The van der Waals surface area contributed by atoms with Gasteiger partial charge in [0.25, 0.3) is 11.8 Å². The first-order valence-electron chi connectivity index (χ1n) is 15.3. The quantitative estimate of drug-likeness (QED) is 0.226. The van der Waals surface area contributed by atoms with Crippen molar-refractivity contribution in [3.63, 3.8) is 0 Å². The van der Waals surface area contributed by atoms with Gasteiger partial charge < -0.3 is 10.1 Å². The van der Waals surface area contributed by atoms with Crippen molar-refractivity contribution in [2.24, 2.45) is 5.92 Å². The van der Waals surface area contributed by atoms with E-state index in [1.165, 1.54) is 35.4 Å². The van der Waals surface area contributed by atoms with Gasteiger partial charge >= 0.3 is 5.97 Å². The van der Waals surface area contributed by atoms with Crippen LogP contribution in [0.1, 0.15) is 25.3 Å². The second kappa shape index (κ2) is 14.8. The standard InChI is InChI=1S/C33H31ClF4N6O5/c1-2-49-29(46)18-42-16-26(44(28(45)17-42)27-9-19(15-39)7-8-40-27)32(48)43(23-11-20(35)10-21(36)12-23)30(24-5-3-4-6-25(24)34)31(47)41-22-13-33(37,38)14-22/h3-12,22,24-26,30H,2,13-14,16-18H2,1H3,(H,41,47)/t24?,25?,26-,30-/m0/s1. The van der Waals surface area contributed by atoms with Gasteiger partial charge in [-0.05, 0) is 31.2 Å². The first-order valence-corrected chi connectivity index (χ1v) is 15.8. The molecule has 5 rings (SSSR count). The van der Waals surface area contributed by atoms with E-state index < -0.39 is 95.7 Å². The Bertz CT molecular complexity index is 1710. The highest BCUT2D eigenvalue weighted by atomic mass is 35.5. The monoisotopic (exact) mass is 702 g/mol. The molecule has 1 N–H and O–H groups in total. The van der Waals surface area contributed by atoms with E-state index >= 15 is 0 Å². The van der Waals surface area contributed by atoms with Crippen LogP contribution in [0, 0.1) is 28.9 Å². The molecule has 1 saturated carbocycles. The number of hydrogen-bond acceptors (Lipinski definition) is 8. The normalized spacial score (nSPS) is 22.5. The van der Waals surface area contributed by atoms with Gasteiger partial charge in [-0.1, -0.05) is 24.3 Å². The molecule has 1 aromatic heterocycles. The molecule has 4 atom stereocenters. The van der Waals surface area contributed by atoms with E-state index in [-0.39, 0.29) is 31.1 Å². The summed E-state index contributed by atoms with van der Waals surface area (Å²) in [6.45, 7) is 0.508. The number of benzene rings is 1. The fourth-order valence-electron chi connectivity index (χ4n) is 6.09. The molecule has 2 aliphatic carbocycles. The van der Waals surface area contributed by atoms with Crippen molar-refractivity contribution in [3.8, 4) is 6.07 Å². The summed E-state index contributed by atoms with van der Waals surface area (Å²) < 4.78 is 62.2. The zero-order valence-electron chi connectivity index (χ0n) is 26.1. The lowest BCUT2D eigenvalue weighted by atomic mass is 9.86. The molecule has 1 aromatic carbocycles. The van der Waals surface area contributed by atoms with Crippen LogP contribution < -0.4 is 15.1 Å². The third-order valence-electron chi connectivity index (χ3n) is 8.25. The maximum Gasteiger partial charge on any atom is 0.320 e. The number of piperazine rings is 1. The lowest BCUT2D eigenvalue weighted by molar-refractivity contribution is -0.145. The SMILES string of the molecule is CCOC(=O)CN1CC(=O)N(c2cc(C#N)ccn2)[C@H](C(=O)N(c2cc(F)cc(F)c2)[C@H](C(=O)NC2CC(F)(F)C2)C2C=CC=CC2Cl)C1. The molecule has 0 radical (unpaired) electrons. The lowest BCUT2D eigenvalue weighted by Crippen LogP contribution is -2.67. The summed E-state index contributed by atoms with van der Waals surface area (Å²) in [5.41, 5.74) is -0.331. The highest BCUT2D eigenvalue weighted by Crippen LogP contribution is 2.38. The molecule has 16 heteroatoms. The molecule has 11 nitrogen and oxygen atoms in total. The first kappa shape index (κ1) is 35.5. The number of halogens is 5. The Morgan fingerprint density at radius 1 is 1.16 bits per heavy atom. The van der Waals surface area contributed by atoms with Gasteiger partial charge in [0.2, 0.25) is 11.8 Å². The van der Waals surface area contributed by atoms with Gasteiger partial charge in [0, 0.05) is 43.6 Å². The highest BCUT2D eigenvalue weighted by molar-refractivity contribution is 6.22. The average Bonchev–Trinajstić information content (AvgIpc) is 3.02. The van der Waals surface area contributed by atoms with Crippen LogP contribution in [0.2, 0.25) is 0 Å². The molecule has 1 saturated heterocycles. The molecule has 3 amide bonds. The van der Waals surface area contributed by atoms with Crippen LogP contribution in [0.5, 0.6) is 0 Å². The third-order valence-corrected chi connectivity index (χ3v) is 8.69. The molecular formula is C33H31ClF4N6O5. The summed E-state index contributed by atoms with van der Waals surface area (Å²) >= 11 is 6.64. The number of nitrogens with one attached hydrogen (secondary N) is 1. The third kappa shape index (κ3) is 8.09. The molecule has 0 spiro atoms. The first-order chi connectivity index (χ1) is 23.3. The largest absolute Gasteiger partial charge is 0.465 e. The Labute approximate surface area is 283 Å². The van der Waals surface area contributed by atoms with Crippen LogP contribution in [-0.4, -0.2) is 89.2 Å². The van der Waals surface area contributed by atoms with Gasteiger partial charge in [0.1, 0.15) is 29.5 Å². The van der Waals surface area contributed by atoms with Crippen LogP contribution in [-0.2, 0) is 23.9 Å². The Kier molecular flexibility index (Phi) is 10.7. The van der Waals surface area contributed by atoms with Crippen molar-refractivity contribution in [2.45, 2.75) is 49.2 Å². The van der Waals surface area contributed by atoms with Crippen LogP contribution in [0.25, 0.3) is 0 Å². The van der Waals surface area contributed by atoms with E-state index in [1.807, 2.05) is 6.07 Å². The smallest absolute Gasteiger partial charge is 0.320 e. The van der Waals surface area contributed by atoms with Crippen LogP contribution in [0.3, 0.4) is 0 Å². The Morgan fingerprint density at radius 3 is 2.49 bits per heavy atom. The van der Waals surface area contributed by atoms with Gasteiger partial charge in [0.15, 0.2) is 0 Å². The number of carbonyl (C=O) groups is 4. The number of aromatic nitrogens is 1. The van der Waals surface area contributed by atoms with Crippen molar-refractivity contribution in [3.05, 3.63) is 78.0 Å². The zero-order valence-corrected chi connectivity index (χ0v) is 26.8. The fraction of sp³-hybridized carbons (Fsp3) is 0.394. The predicted octanol–water partition coefficient (Wildman–Crippen LogP) is 3.48. The summed E-state index contributed by atoms with van der Waals surface area (Å²) in [5.74, 6) is -9.77. The molecular weight excluding hydrogens is 672 g/mol. The van der Waals surface area contributed by atoms with E-state index in [0.29, 0.717) is 6.07 Å². The number of amides is 3. The average molecular weight is 703 g/mol. The number of hydrogen-bond donors (Lipinski definition) is 1. The minimum Gasteiger partial charge on any atom is -0.465 e. The van der Waals surface area contributed by atoms with E-state index in [2.05, 4.69) is 10.3 Å². The maximum atomic E-state index is 15.0. The molecule has 1 aliphatic heterocycles. The number of anilines is 2. The summed E-state index contributed by atoms with van der Waals surface area (Å²) in [7, 11) is 0. The molecule has 2 heterocycles. The van der Waals surface area contributed by atoms with Gasteiger partial charge in [-0.3, -0.25) is 33.9 Å². The van der Waals surface area contributed by atoms with Crippen molar-refractivity contribution in [2.75, 3.05) is 36.0 Å². The zero-order chi connectivity index (χ0) is 35.5. The number of nitrogens with zero attached hydrogens (tertiary/aromatic N) is 5. The van der Waals surface area contributed by atoms with E-state index in [9.17, 15) is 42.0 Å². The van der Waals surface area contributed by atoms with Crippen LogP contribution in [0.15, 0.2) is 60.8 Å². The summed E-state index contributed by atoms with van der Waals surface area (Å²) in [4.78, 5) is 62.6. The number of esters is 1. The number of nitriles is 1. The number of carbonyl (C=O) groups excluding carboxylic acids is 4. The van der Waals surface area contributed by atoms with Crippen molar-refractivity contribution in [1.82, 2.24) is 15.2 Å². The van der Waals surface area contributed by atoms with E-state index in [4.69, 9.17) is 16.3 Å². The summed E-state index contributed by atoms with van der Waals surface area (Å²) in [6, 6.07) is 2.50. The van der Waals surface area contributed by atoms with Crippen molar-refractivity contribution < 1.29 is 41.5 Å². The molecule has 3 aliphatic rings.